The van der Waals surface area contributed by atoms with Gasteiger partial charge in [0, 0.05) is 16.0 Å². The summed E-state index contributed by atoms with van der Waals surface area (Å²) in [6, 6.07) is 4.66. The van der Waals surface area contributed by atoms with Crippen molar-refractivity contribution in [3.63, 3.8) is 0 Å². The molecule has 3 rings (SSSR count). The van der Waals surface area contributed by atoms with Crippen LogP contribution in [0.5, 0.6) is 0 Å². The third-order valence-electron chi connectivity index (χ3n) is 2.59. The fourth-order valence-electron chi connectivity index (χ4n) is 1.63. The highest BCUT2D eigenvalue weighted by Crippen LogP contribution is 2.38. The predicted molar refractivity (Wildman–Crippen MR) is 61.5 cm³/mol. The Balaban J connectivity index is 2.00. The van der Waals surface area contributed by atoms with Crippen molar-refractivity contribution in [2.45, 2.75) is 18.8 Å². The maximum Gasteiger partial charge on any atom is 0.181 e. The van der Waals surface area contributed by atoms with Gasteiger partial charge in [-0.15, -0.1) is 0 Å². The van der Waals surface area contributed by atoms with E-state index in [2.05, 4.69) is 31.1 Å². The van der Waals surface area contributed by atoms with E-state index in [1.54, 1.807) is 0 Å². The lowest BCUT2D eigenvalue weighted by Crippen LogP contribution is -1.84. The molecule has 1 aliphatic rings. The summed E-state index contributed by atoms with van der Waals surface area (Å²) in [5.74, 6) is 1.71. The number of hydrogen-bond donors (Lipinski definition) is 1. The summed E-state index contributed by atoms with van der Waals surface area (Å²) >= 11 is 3.25. The molecule has 1 aromatic carbocycles. The molecular formula is C11H9BrFN3. The van der Waals surface area contributed by atoms with Crippen molar-refractivity contribution in [2.24, 2.45) is 0 Å². The number of nitrogens with zero attached hydrogens (tertiary/aromatic N) is 2. The van der Waals surface area contributed by atoms with Crippen molar-refractivity contribution in [1.29, 1.82) is 0 Å². The van der Waals surface area contributed by atoms with Crippen molar-refractivity contribution in [1.82, 2.24) is 15.2 Å². The minimum Gasteiger partial charge on any atom is -0.262 e. The predicted octanol–water partition coefficient (Wildman–Crippen LogP) is 3.25. The number of aromatic nitrogens is 3. The summed E-state index contributed by atoms with van der Waals surface area (Å²) in [5.41, 5.74) is 0.690. The van der Waals surface area contributed by atoms with E-state index in [0.29, 0.717) is 21.8 Å². The van der Waals surface area contributed by atoms with Crippen molar-refractivity contribution < 1.29 is 4.39 Å². The molecule has 0 radical (unpaired) electrons. The van der Waals surface area contributed by atoms with Crippen LogP contribution in [0.1, 0.15) is 24.6 Å². The van der Waals surface area contributed by atoms with Crippen LogP contribution in [0.2, 0.25) is 0 Å². The number of H-pyrrole nitrogens is 1. The van der Waals surface area contributed by atoms with Crippen LogP contribution in [0, 0.1) is 5.82 Å². The number of halogens is 2. The van der Waals surface area contributed by atoms with E-state index in [1.807, 2.05) is 6.07 Å². The van der Waals surface area contributed by atoms with Crippen molar-refractivity contribution >= 4 is 15.9 Å². The van der Waals surface area contributed by atoms with E-state index >= 15 is 0 Å². The molecule has 1 aromatic heterocycles. The van der Waals surface area contributed by atoms with Crippen LogP contribution in [0.15, 0.2) is 22.7 Å². The SMILES string of the molecule is Fc1cc(Br)cc(-c2n[nH]c(C3CC3)n2)c1. The Bertz CT molecular complexity index is 514. The number of benzene rings is 1. The van der Waals surface area contributed by atoms with Crippen LogP contribution >= 0.6 is 15.9 Å². The van der Waals surface area contributed by atoms with Crippen LogP contribution in [0.3, 0.4) is 0 Å². The van der Waals surface area contributed by atoms with Gasteiger partial charge < -0.3 is 0 Å². The molecule has 1 fully saturated rings. The van der Waals surface area contributed by atoms with Gasteiger partial charge in [0.1, 0.15) is 11.6 Å². The molecule has 0 unspecified atom stereocenters. The lowest BCUT2D eigenvalue weighted by molar-refractivity contribution is 0.627. The summed E-state index contributed by atoms with van der Waals surface area (Å²) in [6.07, 6.45) is 2.34. The van der Waals surface area contributed by atoms with Crippen LogP contribution < -0.4 is 0 Å². The zero-order valence-electron chi connectivity index (χ0n) is 8.37. The van der Waals surface area contributed by atoms with Crippen molar-refractivity contribution in [3.05, 3.63) is 34.3 Å². The first-order valence-corrected chi connectivity index (χ1v) is 5.90. The van der Waals surface area contributed by atoms with Crippen molar-refractivity contribution in [2.75, 3.05) is 0 Å². The molecule has 1 N–H and O–H groups in total. The van der Waals surface area contributed by atoms with Gasteiger partial charge in [-0.1, -0.05) is 15.9 Å². The third-order valence-corrected chi connectivity index (χ3v) is 3.05. The highest BCUT2D eigenvalue weighted by atomic mass is 79.9. The molecular weight excluding hydrogens is 273 g/mol. The van der Waals surface area contributed by atoms with Crippen LogP contribution in [0.4, 0.5) is 4.39 Å². The molecule has 0 aliphatic heterocycles. The fraction of sp³-hybridized carbons (Fsp3) is 0.273. The molecule has 0 bridgehead atoms. The molecule has 82 valence electrons. The van der Waals surface area contributed by atoms with Gasteiger partial charge >= 0.3 is 0 Å². The first-order valence-electron chi connectivity index (χ1n) is 5.11. The van der Waals surface area contributed by atoms with Gasteiger partial charge in [-0.05, 0) is 31.0 Å². The van der Waals surface area contributed by atoms with Crippen molar-refractivity contribution in [3.8, 4) is 11.4 Å². The zero-order chi connectivity index (χ0) is 11.1. The van der Waals surface area contributed by atoms with Gasteiger partial charge in [0.05, 0.1) is 0 Å². The second-order valence-electron chi connectivity index (χ2n) is 3.98. The standard InChI is InChI=1S/C11H9BrFN3/c12-8-3-7(4-9(13)5-8)11-14-10(15-16-11)6-1-2-6/h3-6H,1-2H2,(H,14,15,16). The second kappa shape index (κ2) is 3.66. The number of nitrogens with one attached hydrogen (secondary N) is 1. The Labute approximate surface area is 100 Å². The van der Waals surface area contributed by atoms with E-state index in [0.717, 1.165) is 5.82 Å². The Morgan fingerprint density at radius 1 is 1.31 bits per heavy atom. The van der Waals surface area contributed by atoms with Gasteiger partial charge in [0.15, 0.2) is 5.82 Å². The van der Waals surface area contributed by atoms with Gasteiger partial charge in [-0.2, -0.15) is 5.10 Å². The molecule has 1 aliphatic carbocycles. The van der Waals surface area contributed by atoms with Gasteiger partial charge in [-0.3, -0.25) is 5.10 Å². The molecule has 16 heavy (non-hydrogen) atoms. The Kier molecular flexibility index (Phi) is 2.28. The number of hydrogen-bond acceptors (Lipinski definition) is 2. The largest absolute Gasteiger partial charge is 0.262 e. The van der Waals surface area contributed by atoms with Crippen LogP contribution in [-0.4, -0.2) is 15.2 Å². The lowest BCUT2D eigenvalue weighted by atomic mass is 10.2. The molecule has 1 saturated carbocycles. The smallest absolute Gasteiger partial charge is 0.181 e. The molecule has 2 aromatic rings. The van der Waals surface area contributed by atoms with E-state index in [9.17, 15) is 4.39 Å². The van der Waals surface area contributed by atoms with Crippen LogP contribution in [0.25, 0.3) is 11.4 Å². The third kappa shape index (κ3) is 1.87. The fourth-order valence-corrected chi connectivity index (χ4v) is 2.09. The highest BCUT2D eigenvalue weighted by molar-refractivity contribution is 9.10. The minimum atomic E-state index is -0.290. The van der Waals surface area contributed by atoms with Crippen LogP contribution in [-0.2, 0) is 0 Å². The second-order valence-corrected chi connectivity index (χ2v) is 4.89. The maximum atomic E-state index is 13.2. The van der Waals surface area contributed by atoms with Gasteiger partial charge in [0.2, 0.25) is 0 Å². The highest BCUT2D eigenvalue weighted by Gasteiger charge is 2.27. The molecule has 0 amide bonds. The molecule has 3 nitrogen and oxygen atoms in total. The van der Waals surface area contributed by atoms with Gasteiger partial charge in [-0.25, -0.2) is 9.37 Å². The van der Waals surface area contributed by atoms with E-state index in [1.165, 1.54) is 25.0 Å². The molecule has 0 saturated heterocycles. The Hall–Kier alpha value is -1.23. The minimum absolute atomic E-state index is 0.290. The lowest BCUT2D eigenvalue weighted by Gasteiger charge is -1.97. The molecule has 1 heterocycles. The van der Waals surface area contributed by atoms with Gasteiger partial charge in [0.25, 0.3) is 0 Å². The Morgan fingerprint density at radius 3 is 2.81 bits per heavy atom. The average Bonchev–Trinajstić information content (AvgIpc) is 2.95. The summed E-state index contributed by atoms with van der Waals surface area (Å²) in [7, 11) is 0. The summed E-state index contributed by atoms with van der Waals surface area (Å²) in [6.45, 7) is 0. The quantitative estimate of drug-likeness (QED) is 0.918. The molecule has 0 spiro atoms. The zero-order valence-corrected chi connectivity index (χ0v) is 9.96. The van der Waals surface area contributed by atoms with E-state index in [-0.39, 0.29) is 5.82 Å². The number of aromatic amines is 1. The molecule has 0 atom stereocenters. The Morgan fingerprint density at radius 2 is 2.12 bits per heavy atom. The maximum absolute atomic E-state index is 13.2. The average molecular weight is 282 g/mol. The van der Waals surface area contributed by atoms with E-state index in [4.69, 9.17) is 0 Å². The van der Waals surface area contributed by atoms with E-state index < -0.39 is 0 Å². The normalized spacial score (nSPS) is 15.4. The topological polar surface area (TPSA) is 41.6 Å². The monoisotopic (exact) mass is 281 g/mol. The number of rotatable bonds is 2. The molecule has 5 heteroatoms. The first-order chi connectivity index (χ1) is 7.72. The summed E-state index contributed by atoms with van der Waals surface area (Å²) in [4.78, 5) is 4.37. The summed E-state index contributed by atoms with van der Waals surface area (Å²) in [5, 5.41) is 7.01. The summed E-state index contributed by atoms with van der Waals surface area (Å²) < 4.78 is 13.9. The first kappa shape index (κ1) is 9.96.